The van der Waals surface area contributed by atoms with Gasteiger partial charge in [-0.25, -0.2) is 0 Å². The molecule has 2 N–H and O–H groups in total. The molecule has 1 aliphatic rings. The normalized spacial score (nSPS) is 21.2. The minimum atomic E-state index is -4.97. The van der Waals surface area contributed by atoms with E-state index >= 15 is 0 Å². The molecule has 0 bridgehead atoms. The molecule has 0 aromatic heterocycles. The van der Waals surface area contributed by atoms with Crippen LogP contribution in [0.4, 0.5) is 13.2 Å². The molecule has 0 aliphatic carbocycles. The van der Waals surface area contributed by atoms with Crippen molar-refractivity contribution in [3.05, 3.63) is 0 Å². The second kappa shape index (κ2) is 4.26. The summed E-state index contributed by atoms with van der Waals surface area (Å²) in [6.45, 7) is 0.800. The largest absolute Gasteiger partial charge is 0.448 e. The molecule has 14 heavy (non-hydrogen) atoms. The highest BCUT2D eigenvalue weighted by atomic mass is 32.2. The summed E-state index contributed by atoms with van der Waals surface area (Å²) in [4.78, 5) is 0. The van der Waals surface area contributed by atoms with Crippen molar-refractivity contribution in [1.29, 1.82) is 0 Å². The van der Waals surface area contributed by atoms with Crippen LogP contribution in [0.25, 0.3) is 0 Å². The molecule has 1 heterocycles. The maximum absolute atomic E-state index is 12.1. The zero-order chi connectivity index (χ0) is 10.8. The minimum absolute atomic E-state index is 0.400. The fourth-order valence-electron chi connectivity index (χ4n) is 1.07. The van der Waals surface area contributed by atoms with Crippen molar-refractivity contribution in [2.24, 2.45) is 0 Å². The Morgan fingerprint density at radius 2 is 1.64 bits per heavy atom. The zero-order valence-electron chi connectivity index (χ0n) is 7.38. The van der Waals surface area contributed by atoms with E-state index in [0.717, 1.165) is 0 Å². The Morgan fingerprint density at radius 1 is 1.14 bits per heavy atom. The molecular weight excluding hydrogens is 221 g/mol. The van der Waals surface area contributed by atoms with E-state index in [1.807, 2.05) is 0 Å². The summed E-state index contributed by atoms with van der Waals surface area (Å²) in [7, 11) is -0.606. The van der Waals surface area contributed by atoms with Crippen LogP contribution in [0.3, 0.4) is 0 Å². The van der Waals surface area contributed by atoms with Gasteiger partial charge in [0, 0.05) is 0 Å². The summed E-state index contributed by atoms with van der Waals surface area (Å²) in [5.74, 6) is -3.24. The van der Waals surface area contributed by atoms with Crippen LogP contribution in [-0.4, -0.2) is 52.6 Å². The van der Waals surface area contributed by atoms with Gasteiger partial charge in [0.05, 0.1) is 13.2 Å². The van der Waals surface area contributed by atoms with Crippen LogP contribution >= 0.6 is 0 Å². The van der Waals surface area contributed by atoms with Gasteiger partial charge in [0.1, 0.15) is 11.5 Å². The van der Waals surface area contributed by atoms with Gasteiger partial charge < -0.3 is 14.9 Å². The van der Waals surface area contributed by atoms with E-state index < -0.39 is 28.6 Å². The third-order valence-corrected chi connectivity index (χ3v) is 4.19. The summed E-state index contributed by atoms with van der Waals surface area (Å²) in [5.41, 5.74) is 0. The van der Waals surface area contributed by atoms with Crippen LogP contribution in [0.5, 0.6) is 0 Å². The van der Waals surface area contributed by atoms with Crippen molar-refractivity contribution in [2.45, 2.75) is 12.0 Å². The molecule has 1 rings (SSSR count). The SMILES string of the molecule is OC(O)(C[S+]1CCOCC1)C(F)(F)F. The quantitative estimate of drug-likeness (QED) is 0.516. The Balaban J connectivity index is 2.49. The van der Waals surface area contributed by atoms with Gasteiger partial charge in [-0.15, -0.1) is 0 Å². The molecule has 7 heteroatoms. The number of halogens is 3. The van der Waals surface area contributed by atoms with E-state index in [2.05, 4.69) is 0 Å². The lowest BCUT2D eigenvalue weighted by Crippen LogP contribution is -2.52. The molecule has 0 radical (unpaired) electrons. The summed E-state index contributed by atoms with van der Waals surface area (Å²) in [6, 6.07) is 0. The van der Waals surface area contributed by atoms with E-state index in [-0.39, 0.29) is 0 Å². The molecule has 0 aromatic rings. The Morgan fingerprint density at radius 3 is 2.07 bits per heavy atom. The molecular formula is C7H12F3O3S+. The van der Waals surface area contributed by atoms with Crippen LogP contribution in [0.15, 0.2) is 0 Å². The number of hydrogen-bond acceptors (Lipinski definition) is 3. The van der Waals surface area contributed by atoms with Gasteiger partial charge in [-0.3, -0.25) is 0 Å². The summed E-state index contributed by atoms with van der Waals surface area (Å²) in [5, 5.41) is 17.6. The third-order valence-electron chi connectivity index (χ3n) is 1.89. The van der Waals surface area contributed by atoms with E-state index in [0.29, 0.717) is 24.7 Å². The molecule has 0 saturated carbocycles. The molecule has 0 atom stereocenters. The zero-order valence-corrected chi connectivity index (χ0v) is 8.20. The van der Waals surface area contributed by atoms with Crippen molar-refractivity contribution >= 4 is 10.9 Å². The molecule has 1 aliphatic heterocycles. The van der Waals surface area contributed by atoms with E-state index in [9.17, 15) is 13.2 Å². The molecule has 1 saturated heterocycles. The maximum atomic E-state index is 12.1. The number of ether oxygens (including phenoxy) is 1. The van der Waals surface area contributed by atoms with Crippen molar-refractivity contribution in [2.75, 3.05) is 30.5 Å². The van der Waals surface area contributed by atoms with Gasteiger partial charge in [-0.05, 0) is 10.9 Å². The highest BCUT2D eigenvalue weighted by Gasteiger charge is 2.57. The molecule has 84 valence electrons. The van der Waals surface area contributed by atoms with Crippen LogP contribution in [-0.2, 0) is 15.6 Å². The van der Waals surface area contributed by atoms with Crippen molar-refractivity contribution in [1.82, 2.24) is 0 Å². The predicted octanol–water partition coefficient (Wildman–Crippen LogP) is -0.122. The molecule has 0 spiro atoms. The summed E-state index contributed by atoms with van der Waals surface area (Å²) < 4.78 is 41.1. The van der Waals surface area contributed by atoms with Gasteiger partial charge in [0.2, 0.25) is 0 Å². The first kappa shape index (κ1) is 12.1. The molecule has 0 unspecified atom stereocenters. The summed E-state index contributed by atoms with van der Waals surface area (Å²) >= 11 is 0. The number of aliphatic hydroxyl groups is 2. The number of rotatable bonds is 2. The van der Waals surface area contributed by atoms with Crippen LogP contribution in [0, 0.1) is 0 Å². The van der Waals surface area contributed by atoms with Gasteiger partial charge in [-0.1, -0.05) is 0 Å². The lowest BCUT2D eigenvalue weighted by Gasteiger charge is -2.25. The van der Waals surface area contributed by atoms with Crippen LogP contribution in [0.2, 0.25) is 0 Å². The lowest BCUT2D eigenvalue weighted by atomic mass is 10.3. The first-order chi connectivity index (χ1) is 6.33. The Kier molecular flexibility index (Phi) is 3.68. The Labute approximate surface area is 82.2 Å². The lowest BCUT2D eigenvalue weighted by molar-refractivity contribution is -0.336. The van der Waals surface area contributed by atoms with Crippen molar-refractivity contribution in [3.8, 4) is 0 Å². The average Bonchev–Trinajstić information content (AvgIpc) is 2.03. The Hall–Kier alpha value is 0.0200. The number of hydrogen-bond donors (Lipinski definition) is 2. The smallest absolute Gasteiger partial charge is 0.372 e. The molecule has 0 amide bonds. The summed E-state index contributed by atoms with van der Waals surface area (Å²) in [6.07, 6.45) is -4.97. The first-order valence-corrected chi connectivity index (χ1v) is 5.79. The van der Waals surface area contributed by atoms with Crippen LogP contribution < -0.4 is 0 Å². The minimum Gasteiger partial charge on any atom is -0.372 e. The second-order valence-electron chi connectivity index (χ2n) is 3.09. The second-order valence-corrected chi connectivity index (χ2v) is 5.42. The molecule has 1 fully saturated rings. The van der Waals surface area contributed by atoms with Crippen molar-refractivity contribution < 1.29 is 28.1 Å². The van der Waals surface area contributed by atoms with Gasteiger partial charge >= 0.3 is 12.0 Å². The monoisotopic (exact) mass is 233 g/mol. The molecule has 3 nitrogen and oxygen atoms in total. The van der Waals surface area contributed by atoms with Gasteiger partial charge in [0.15, 0.2) is 5.75 Å². The Bertz CT molecular complexity index is 189. The average molecular weight is 233 g/mol. The van der Waals surface area contributed by atoms with Crippen molar-refractivity contribution in [3.63, 3.8) is 0 Å². The fourth-order valence-corrected chi connectivity index (χ4v) is 3.00. The first-order valence-electron chi connectivity index (χ1n) is 4.06. The van der Waals surface area contributed by atoms with E-state index in [1.54, 1.807) is 0 Å². The number of alkyl halides is 3. The van der Waals surface area contributed by atoms with E-state index in [1.165, 1.54) is 0 Å². The van der Waals surface area contributed by atoms with Gasteiger partial charge in [-0.2, -0.15) is 13.2 Å². The topological polar surface area (TPSA) is 49.7 Å². The molecule has 0 aromatic carbocycles. The predicted molar refractivity (Wildman–Crippen MR) is 46.0 cm³/mol. The highest BCUT2D eigenvalue weighted by molar-refractivity contribution is 7.96. The highest BCUT2D eigenvalue weighted by Crippen LogP contribution is 2.30. The standard InChI is InChI=1S/C7H12F3O3S/c8-7(9,10)6(11,12)5-14-3-1-13-2-4-14/h11-12H,1-5H2/q+1. The fraction of sp³-hybridized carbons (Fsp3) is 1.00. The third kappa shape index (κ3) is 3.01. The maximum Gasteiger partial charge on any atom is 0.448 e. The van der Waals surface area contributed by atoms with Crippen LogP contribution in [0.1, 0.15) is 0 Å². The van der Waals surface area contributed by atoms with Gasteiger partial charge in [0.25, 0.3) is 0 Å². The van der Waals surface area contributed by atoms with E-state index in [4.69, 9.17) is 14.9 Å².